The Kier molecular flexibility index (Phi) is 6.22. The molecular formula is C18H18FN3O3. The van der Waals surface area contributed by atoms with Crippen molar-refractivity contribution in [1.29, 1.82) is 0 Å². The van der Waals surface area contributed by atoms with E-state index in [1.54, 1.807) is 24.3 Å². The maximum Gasteiger partial charge on any atom is 0.251 e. The molecular weight excluding hydrogens is 325 g/mol. The van der Waals surface area contributed by atoms with Crippen molar-refractivity contribution in [3.05, 3.63) is 65.5 Å². The average molecular weight is 343 g/mol. The number of carbonyl (C=O) groups is 3. The zero-order valence-electron chi connectivity index (χ0n) is 13.6. The Morgan fingerprint density at radius 3 is 2.16 bits per heavy atom. The van der Waals surface area contributed by atoms with Crippen LogP contribution in [0.1, 0.15) is 22.8 Å². The largest absolute Gasteiger partial charge is 0.350 e. The predicted octanol–water partition coefficient (Wildman–Crippen LogP) is 1.83. The number of carbonyl (C=O) groups excluding carboxylic acids is 3. The van der Waals surface area contributed by atoms with Crippen molar-refractivity contribution in [3.8, 4) is 0 Å². The fraction of sp³-hybridized carbons (Fsp3) is 0.167. The Balaban J connectivity index is 1.75. The maximum absolute atomic E-state index is 12.8. The minimum atomic E-state index is -0.449. The average Bonchev–Trinajstić information content (AvgIpc) is 2.59. The highest BCUT2D eigenvalue weighted by Crippen LogP contribution is 2.09. The molecule has 2 rings (SSSR count). The highest BCUT2D eigenvalue weighted by atomic mass is 19.1. The minimum Gasteiger partial charge on any atom is -0.350 e. The fourth-order valence-corrected chi connectivity index (χ4v) is 2.04. The number of benzene rings is 2. The topological polar surface area (TPSA) is 87.3 Å². The molecule has 0 aliphatic heterocycles. The molecule has 2 aromatic rings. The van der Waals surface area contributed by atoms with E-state index in [1.807, 2.05) is 0 Å². The second-order valence-electron chi connectivity index (χ2n) is 5.34. The lowest BCUT2D eigenvalue weighted by Gasteiger charge is -2.08. The van der Waals surface area contributed by atoms with E-state index in [0.29, 0.717) is 12.2 Å². The molecule has 0 aromatic heterocycles. The summed E-state index contributed by atoms with van der Waals surface area (Å²) in [6, 6.07) is 12.1. The summed E-state index contributed by atoms with van der Waals surface area (Å²) in [6.07, 6.45) is 0. The summed E-state index contributed by atoms with van der Waals surface area (Å²) in [5, 5.41) is 7.79. The van der Waals surface area contributed by atoms with Crippen LogP contribution >= 0.6 is 0 Å². The molecule has 0 radical (unpaired) electrons. The van der Waals surface area contributed by atoms with Crippen LogP contribution in [-0.4, -0.2) is 24.3 Å². The third-order valence-corrected chi connectivity index (χ3v) is 3.28. The van der Waals surface area contributed by atoms with Gasteiger partial charge in [0, 0.05) is 24.7 Å². The van der Waals surface area contributed by atoms with Gasteiger partial charge in [-0.25, -0.2) is 4.39 Å². The summed E-state index contributed by atoms with van der Waals surface area (Å²) in [6.45, 7) is 1.54. The van der Waals surface area contributed by atoms with Crippen LogP contribution in [0.2, 0.25) is 0 Å². The SMILES string of the molecule is CC(=O)Nc1ccc(CNC(=O)CNC(=O)c2ccc(F)cc2)cc1. The molecule has 130 valence electrons. The molecule has 0 unspecified atom stereocenters. The molecule has 0 spiro atoms. The van der Waals surface area contributed by atoms with E-state index < -0.39 is 11.7 Å². The number of nitrogens with one attached hydrogen (secondary N) is 3. The van der Waals surface area contributed by atoms with E-state index in [-0.39, 0.29) is 23.9 Å². The quantitative estimate of drug-likeness (QED) is 0.748. The Hall–Kier alpha value is -3.22. The van der Waals surface area contributed by atoms with Gasteiger partial charge < -0.3 is 16.0 Å². The van der Waals surface area contributed by atoms with Gasteiger partial charge in [0.2, 0.25) is 11.8 Å². The molecule has 0 bridgehead atoms. The molecule has 0 heterocycles. The molecule has 0 atom stereocenters. The van der Waals surface area contributed by atoms with Gasteiger partial charge in [0.15, 0.2) is 0 Å². The number of anilines is 1. The van der Waals surface area contributed by atoms with Gasteiger partial charge in [0.1, 0.15) is 5.82 Å². The number of halogens is 1. The lowest BCUT2D eigenvalue weighted by molar-refractivity contribution is -0.120. The van der Waals surface area contributed by atoms with Gasteiger partial charge >= 0.3 is 0 Å². The predicted molar refractivity (Wildman–Crippen MR) is 91.3 cm³/mol. The second-order valence-corrected chi connectivity index (χ2v) is 5.34. The summed E-state index contributed by atoms with van der Waals surface area (Å²) in [7, 11) is 0. The Labute approximate surface area is 144 Å². The Morgan fingerprint density at radius 2 is 1.56 bits per heavy atom. The molecule has 0 aliphatic carbocycles. The van der Waals surface area contributed by atoms with Crippen molar-refractivity contribution in [2.24, 2.45) is 0 Å². The standard InChI is InChI=1S/C18H18FN3O3/c1-12(23)22-16-8-2-13(3-9-16)10-20-17(24)11-21-18(25)14-4-6-15(19)7-5-14/h2-9H,10-11H2,1H3,(H,20,24)(H,21,25)(H,22,23). The summed E-state index contributed by atoms with van der Waals surface area (Å²) in [4.78, 5) is 34.5. The first-order chi connectivity index (χ1) is 11.9. The van der Waals surface area contributed by atoms with Crippen molar-refractivity contribution in [1.82, 2.24) is 10.6 Å². The first-order valence-electron chi connectivity index (χ1n) is 7.61. The molecule has 0 aliphatic rings. The number of rotatable bonds is 6. The highest BCUT2D eigenvalue weighted by Gasteiger charge is 2.08. The lowest BCUT2D eigenvalue weighted by atomic mass is 10.2. The molecule has 3 N–H and O–H groups in total. The van der Waals surface area contributed by atoms with Crippen LogP contribution in [0.4, 0.5) is 10.1 Å². The van der Waals surface area contributed by atoms with E-state index in [1.165, 1.54) is 31.2 Å². The van der Waals surface area contributed by atoms with E-state index >= 15 is 0 Å². The van der Waals surface area contributed by atoms with E-state index in [9.17, 15) is 18.8 Å². The van der Waals surface area contributed by atoms with Gasteiger partial charge in [-0.3, -0.25) is 14.4 Å². The molecule has 0 saturated carbocycles. The molecule has 0 saturated heterocycles. The number of hydrogen-bond donors (Lipinski definition) is 3. The van der Waals surface area contributed by atoms with Crippen LogP contribution in [0.15, 0.2) is 48.5 Å². The fourth-order valence-electron chi connectivity index (χ4n) is 2.04. The van der Waals surface area contributed by atoms with Gasteiger partial charge in [0.05, 0.1) is 6.54 Å². The minimum absolute atomic E-state index is 0.155. The second kappa shape index (κ2) is 8.58. The van der Waals surface area contributed by atoms with Crippen molar-refractivity contribution < 1.29 is 18.8 Å². The van der Waals surface area contributed by atoms with Crippen LogP contribution in [-0.2, 0) is 16.1 Å². The van der Waals surface area contributed by atoms with Crippen molar-refractivity contribution >= 4 is 23.4 Å². The summed E-state index contributed by atoms with van der Waals surface area (Å²) >= 11 is 0. The molecule has 7 heteroatoms. The van der Waals surface area contributed by atoms with Crippen molar-refractivity contribution in [2.75, 3.05) is 11.9 Å². The first-order valence-corrected chi connectivity index (χ1v) is 7.61. The Bertz CT molecular complexity index is 758. The zero-order valence-corrected chi connectivity index (χ0v) is 13.6. The van der Waals surface area contributed by atoms with Crippen molar-refractivity contribution in [3.63, 3.8) is 0 Å². The number of hydrogen-bond acceptors (Lipinski definition) is 3. The third-order valence-electron chi connectivity index (χ3n) is 3.28. The smallest absolute Gasteiger partial charge is 0.251 e. The van der Waals surface area contributed by atoms with Crippen LogP contribution in [0.3, 0.4) is 0 Å². The normalized spacial score (nSPS) is 10.0. The molecule has 3 amide bonds. The van der Waals surface area contributed by atoms with Gasteiger partial charge in [-0.05, 0) is 42.0 Å². The van der Waals surface area contributed by atoms with Gasteiger partial charge in [-0.1, -0.05) is 12.1 Å². The van der Waals surface area contributed by atoms with Gasteiger partial charge in [-0.2, -0.15) is 0 Å². The summed E-state index contributed by atoms with van der Waals surface area (Å²) in [5.41, 5.74) is 1.81. The van der Waals surface area contributed by atoms with Crippen LogP contribution in [0.5, 0.6) is 0 Å². The lowest BCUT2D eigenvalue weighted by Crippen LogP contribution is -2.36. The van der Waals surface area contributed by atoms with Crippen LogP contribution in [0, 0.1) is 5.82 Å². The van der Waals surface area contributed by atoms with Gasteiger partial charge in [-0.15, -0.1) is 0 Å². The van der Waals surface area contributed by atoms with Crippen LogP contribution < -0.4 is 16.0 Å². The molecule has 6 nitrogen and oxygen atoms in total. The van der Waals surface area contributed by atoms with E-state index in [2.05, 4.69) is 16.0 Å². The summed E-state index contributed by atoms with van der Waals surface area (Å²) < 4.78 is 12.8. The summed E-state index contributed by atoms with van der Waals surface area (Å²) in [5.74, 6) is -1.38. The molecule has 2 aromatic carbocycles. The third kappa shape index (κ3) is 6.06. The molecule has 25 heavy (non-hydrogen) atoms. The zero-order chi connectivity index (χ0) is 18.2. The van der Waals surface area contributed by atoms with Gasteiger partial charge in [0.25, 0.3) is 5.91 Å². The van der Waals surface area contributed by atoms with E-state index in [4.69, 9.17) is 0 Å². The molecule has 0 fully saturated rings. The van der Waals surface area contributed by atoms with E-state index in [0.717, 1.165) is 5.56 Å². The monoisotopic (exact) mass is 343 g/mol. The maximum atomic E-state index is 12.8. The highest BCUT2D eigenvalue weighted by molar-refractivity contribution is 5.96. The number of amides is 3. The Morgan fingerprint density at radius 1 is 0.920 bits per heavy atom. The van der Waals surface area contributed by atoms with Crippen LogP contribution in [0.25, 0.3) is 0 Å². The van der Waals surface area contributed by atoms with Crippen molar-refractivity contribution in [2.45, 2.75) is 13.5 Å². The first kappa shape index (κ1) is 18.1.